The molecule has 1 aromatic heterocycles. The monoisotopic (exact) mass is 385 g/mol. The fourth-order valence-corrected chi connectivity index (χ4v) is 3.33. The molecule has 3 aromatic rings. The molecular weight excluding hydrogens is 362 g/mol. The quantitative estimate of drug-likeness (QED) is 0.625. The fraction of sp³-hybridized carbons (Fsp3) is 0.286. The minimum atomic E-state index is -0.0393. The molecular formula is C21H24ClN3O2. The zero-order chi connectivity index (χ0) is 19.2. The summed E-state index contributed by atoms with van der Waals surface area (Å²) >= 11 is 6.40. The lowest BCUT2D eigenvalue weighted by Crippen LogP contribution is -2.24. The van der Waals surface area contributed by atoms with Crippen LogP contribution in [0.15, 0.2) is 54.9 Å². The second kappa shape index (κ2) is 8.93. The van der Waals surface area contributed by atoms with Crippen molar-refractivity contribution in [2.45, 2.75) is 19.5 Å². The largest absolute Gasteiger partial charge is 0.493 e. The van der Waals surface area contributed by atoms with E-state index in [4.69, 9.17) is 21.1 Å². The third-order valence-corrected chi connectivity index (χ3v) is 4.62. The van der Waals surface area contributed by atoms with Crippen molar-refractivity contribution in [3.8, 4) is 11.5 Å². The summed E-state index contributed by atoms with van der Waals surface area (Å²) in [6.07, 6.45) is 3.76. The van der Waals surface area contributed by atoms with Gasteiger partial charge in [0.2, 0.25) is 0 Å². The first-order valence-corrected chi connectivity index (χ1v) is 9.26. The zero-order valence-corrected chi connectivity index (χ0v) is 16.5. The number of ether oxygens (including phenoxy) is 2. The SMILES string of the molecule is CCOc1c(Cl)cc(CN[C@@H](c2ccccc2)c2nccn2C)cc1OC. The van der Waals surface area contributed by atoms with E-state index in [1.54, 1.807) is 7.11 Å². The van der Waals surface area contributed by atoms with Gasteiger partial charge >= 0.3 is 0 Å². The molecule has 0 aliphatic rings. The number of aryl methyl sites for hydroxylation is 1. The summed E-state index contributed by atoms with van der Waals surface area (Å²) in [4.78, 5) is 4.52. The average molecular weight is 386 g/mol. The molecule has 1 heterocycles. The molecule has 142 valence electrons. The van der Waals surface area contributed by atoms with E-state index < -0.39 is 0 Å². The van der Waals surface area contributed by atoms with Gasteiger partial charge < -0.3 is 14.0 Å². The van der Waals surface area contributed by atoms with E-state index in [2.05, 4.69) is 22.4 Å². The second-order valence-electron chi connectivity index (χ2n) is 6.16. The maximum Gasteiger partial charge on any atom is 0.179 e. The maximum absolute atomic E-state index is 6.40. The first-order chi connectivity index (χ1) is 13.1. The van der Waals surface area contributed by atoms with Gasteiger partial charge in [-0.3, -0.25) is 5.32 Å². The first kappa shape index (κ1) is 19.3. The van der Waals surface area contributed by atoms with Crippen LogP contribution < -0.4 is 14.8 Å². The van der Waals surface area contributed by atoms with E-state index in [1.807, 2.05) is 61.3 Å². The van der Waals surface area contributed by atoms with Crippen LogP contribution in [0.1, 0.15) is 29.9 Å². The Hall–Kier alpha value is -2.50. The Morgan fingerprint density at radius 2 is 2.00 bits per heavy atom. The van der Waals surface area contributed by atoms with Crippen molar-refractivity contribution in [3.63, 3.8) is 0 Å². The molecule has 27 heavy (non-hydrogen) atoms. The van der Waals surface area contributed by atoms with E-state index in [0.717, 1.165) is 17.0 Å². The molecule has 0 spiro atoms. The molecule has 5 nitrogen and oxygen atoms in total. The Labute approximate surface area is 164 Å². The van der Waals surface area contributed by atoms with Gasteiger partial charge in [-0.25, -0.2) is 4.98 Å². The average Bonchev–Trinajstić information content (AvgIpc) is 3.10. The molecule has 0 saturated heterocycles. The number of imidazole rings is 1. The van der Waals surface area contributed by atoms with Crippen LogP contribution in [0.2, 0.25) is 5.02 Å². The molecule has 1 atom stereocenters. The third kappa shape index (κ3) is 4.43. The number of methoxy groups -OCH3 is 1. The van der Waals surface area contributed by atoms with Crippen molar-refractivity contribution in [3.05, 3.63) is 76.8 Å². The summed E-state index contributed by atoms with van der Waals surface area (Å²) in [7, 11) is 3.61. The molecule has 0 radical (unpaired) electrons. The van der Waals surface area contributed by atoms with Crippen LogP contribution in [0, 0.1) is 0 Å². The van der Waals surface area contributed by atoms with Crippen LogP contribution in [0.25, 0.3) is 0 Å². The molecule has 0 bridgehead atoms. The number of aromatic nitrogens is 2. The van der Waals surface area contributed by atoms with Crippen LogP contribution in [0.4, 0.5) is 0 Å². The smallest absolute Gasteiger partial charge is 0.179 e. The molecule has 0 aliphatic heterocycles. The van der Waals surface area contributed by atoms with Gasteiger partial charge in [0, 0.05) is 26.0 Å². The van der Waals surface area contributed by atoms with Gasteiger partial charge in [0.05, 0.1) is 24.8 Å². The number of benzene rings is 2. The van der Waals surface area contributed by atoms with Crippen LogP contribution in [0.3, 0.4) is 0 Å². The van der Waals surface area contributed by atoms with Crippen LogP contribution in [-0.2, 0) is 13.6 Å². The molecule has 0 saturated carbocycles. The van der Waals surface area contributed by atoms with Crippen molar-refractivity contribution in [2.24, 2.45) is 7.05 Å². The van der Waals surface area contributed by atoms with E-state index in [9.17, 15) is 0 Å². The summed E-state index contributed by atoms with van der Waals surface area (Å²) in [5.74, 6) is 2.16. The van der Waals surface area contributed by atoms with Gasteiger partial charge in [0.25, 0.3) is 0 Å². The Morgan fingerprint density at radius 1 is 1.22 bits per heavy atom. The number of halogens is 1. The van der Waals surface area contributed by atoms with Crippen LogP contribution in [0.5, 0.6) is 11.5 Å². The highest BCUT2D eigenvalue weighted by atomic mass is 35.5. The topological polar surface area (TPSA) is 48.3 Å². The predicted molar refractivity (Wildman–Crippen MR) is 108 cm³/mol. The summed E-state index contributed by atoms with van der Waals surface area (Å²) < 4.78 is 13.1. The van der Waals surface area contributed by atoms with Crippen molar-refractivity contribution in [1.82, 2.24) is 14.9 Å². The highest BCUT2D eigenvalue weighted by Crippen LogP contribution is 2.36. The van der Waals surface area contributed by atoms with Crippen LogP contribution >= 0.6 is 11.6 Å². The van der Waals surface area contributed by atoms with Gasteiger partial charge in [-0.05, 0) is 30.2 Å². The summed E-state index contributed by atoms with van der Waals surface area (Å²) in [5, 5.41) is 4.13. The van der Waals surface area contributed by atoms with E-state index in [0.29, 0.717) is 29.7 Å². The van der Waals surface area contributed by atoms with Gasteiger partial charge in [-0.15, -0.1) is 0 Å². The number of rotatable bonds is 8. The Balaban J connectivity index is 1.86. The maximum atomic E-state index is 6.40. The standard InChI is InChI=1S/C21H24ClN3O2/c1-4-27-20-17(22)12-15(13-18(20)26-3)14-24-19(16-8-6-5-7-9-16)21-23-10-11-25(21)2/h5-13,19,24H,4,14H2,1-3H3/t19-/m0/s1. The van der Waals surface area contributed by atoms with Gasteiger partial charge in [0.15, 0.2) is 11.5 Å². The summed E-state index contributed by atoms with van der Waals surface area (Å²) in [6, 6.07) is 14.1. The highest BCUT2D eigenvalue weighted by Gasteiger charge is 2.18. The lowest BCUT2D eigenvalue weighted by molar-refractivity contribution is 0.311. The van der Waals surface area contributed by atoms with E-state index in [-0.39, 0.29) is 6.04 Å². The number of hydrogen-bond donors (Lipinski definition) is 1. The van der Waals surface area contributed by atoms with Crippen LogP contribution in [-0.4, -0.2) is 23.3 Å². The van der Waals surface area contributed by atoms with Crippen molar-refractivity contribution in [2.75, 3.05) is 13.7 Å². The van der Waals surface area contributed by atoms with Gasteiger partial charge in [-0.2, -0.15) is 0 Å². The van der Waals surface area contributed by atoms with Gasteiger partial charge in [0.1, 0.15) is 5.82 Å². The molecule has 1 N–H and O–H groups in total. The molecule has 3 rings (SSSR count). The highest BCUT2D eigenvalue weighted by molar-refractivity contribution is 6.32. The predicted octanol–water partition coefficient (Wildman–Crippen LogP) is 4.36. The first-order valence-electron chi connectivity index (χ1n) is 8.88. The molecule has 0 unspecified atom stereocenters. The van der Waals surface area contributed by atoms with Crippen molar-refractivity contribution >= 4 is 11.6 Å². The van der Waals surface area contributed by atoms with Crippen molar-refractivity contribution < 1.29 is 9.47 Å². The Morgan fingerprint density at radius 3 is 2.63 bits per heavy atom. The summed E-state index contributed by atoms with van der Waals surface area (Å²) in [6.45, 7) is 3.06. The number of nitrogens with one attached hydrogen (secondary N) is 1. The van der Waals surface area contributed by atoms with Crippen molar-refractivity contribution in [1.29, 1.82) is 0 Å². The molecule has 0 fully saturated rings. The fourth-order valence-electron chi connectivity index (χ4n) is 3.04. The molecule has 0 aliphatic carbocycles. The lowest BCUT2D eigenvalue weighted by atomic mass is 10.1. The summed E-state index contributed by atoms with van der Waals surface area (Å²) in [5.41, 5.74) is 2.16. The number of nitrogens with zero attached hydrogens (tertiary/aromatic N) is 2. The number of hydrogen-bond acceptors (Lipinski definition) is 4. The normalized spacial score (nSPS) is 12.0. The zero-order valence-electron chi connectivity index (χ0n) is 15.8. The molecule has 2 aromatic carbocycles. The molecule has 0 amide bonds. The Bertz CT molecular complexity index is 880. The Kier molecular flexibility index (Phi) is 6.37. The lowest BCUT2D eigenvalue weighted by Gasteiger charge is -2.20. The van der Waals surface area contributed by atoms with E-state index in [1.165, 1.54) is 0 Å². The third-order valence-electron chi connectivity index (χ3n) is 4.34. The minimum Gasteiger partial charge on any atom is -0.493 e. The molecule has 6 heteroatoms. The van der Waals surface area contributed by atoms with Gasteiger partial charge in [-0.1, -0.05) is 41.9 Å². The second-order valence-corrected chi connectivity index (χ2v) is 6.57. The van der Waals surface area contributed by atoms with E-state index >= 15 is 0 Å². The minimum absolute atomic E-state index is 0.0393.